The van der Waals surface area contributed by atoms with Crippen LogP contribution in [-0.2, 0) is 19.1 Å². The third-order valence-electron chi connectivity index (χ3n) is 5.96. The summed E-state index contributed by atoms with van der Waals surface area (Å²) in [7, 11) is 0. The molecule has 1 atom stereocenters. The lowest BCUT2D eigenvalue weighted by atomic mass is 9.93. The molecule has 0 unspecified atom stereocenters. The van der Waals surface area contributed by atoms with Crippen LogP contribution in [0.4, 0.5) is 4.39 Å². The molecule has 35 heavy (non-hydrogen) atoms. The molecule has 1 aromatic rings. The minimum Gasteiger partial charge on any atom is -0.459 e. The molecule has 188 valence electrons. The van der Waals surface area contributed by atoms with E-state index in [1.54, 1.807) is 43.9 Å². The third kappa shape index (κ3) is 5.94. The minimum atomic E-state index is -0.780. The summed E-state index contributed by atoms with van der Waals surface area (Å²) in [5, 5.41) is 5.42. The maximum Gasteiger partial charge on any atom is 0.338 e. The summed E-state index contributed by atoms with van der Waals surface area (Å²) in [6.07, 6.45) is -0.249. The van der Waals surface area contributed by atoms with E-state index in [1.807, 2.05) is 5.41 Å². The van der Waals surface area contributed by atoms with Gasteiger partial charge in [-0.05, 0) is 32.2 Å². The summed E-state index contributed by atoms with van der Waals surface area (Å²) < 4.78 is 25.9. The molecule has 0 aromatic heterocycles. The molecule has 3 heterocycles. The van der Waals surface area contributed by atoms with Crippen LogP contribution in [0.25, 0.3) is 0 Å². The lowest BCUT2D eigenvalue weighted by Gasteiger charge is -2.36. The molecule has 1 N–H and O–H groups in total. The number of ether oxygens (including phenoxy) is 2. The number of amidine groups is 1. The van der Waals surface area contributed by atoms with E-state index in [1.165, 1.54) is 17.8 Å². The number of carbonyl (C=O) groups is 2. The number of thioether (sulfide) groups is 1. The van der Waals surface area contributed by atoms with E-state index in [9.17, 15) is 9.59 Å². The number of nitrogens with one attached hydrogen (secondary N) is 1. The number of hydrogen-bond donors (Lipinski definition) is 1. The predicted molar refractivity (Wildman–Crippen MR) is 133 cm³/mol. The largest absolute Gasteiger partial charge is 0.459 e. The Morgan fingerprint density at radius 3 is 2.74 bits per heavy atom. The van der Waals surface area contributed by atoms with Crippen molar-refractivity contribution in [3.8, 4) is 0 Å². The molecular formula is C25H31FN4O4S. The van der Waals surface area contributed by atoms with Crippen molar-refractivity contribution < 1.29 is 23.5 Å². The maximum absolute atomic E-state index is 15.0. The molecule has 1 amide bonds. The molecule has 8 nitrogen and oxygen atoms in total. The van der Waals surface area contributed by atoms with Crippen molar-refractivity contribution in [2.75, 3.05) is 39.4 Å². The Labute approximate surface area is 209 Å². The summed E-state index contributed by atoms with van der Waals surface area (Å²) >= 11 is 1.36. The monoisotopic (exact) mass is 502 g/mol. The van der Waals surface area contributed by atoms with Crippen molar-refractivity contribution in [1.82, 2.24) is 15.1 Å². The van der Waals surface area contributed by atoms with Gasteiger partial charge in [-0.3, -0.25) is 9.69 Å². The lowest BCUT2D eigenvalue weighted by molar-refractivity contribution is -0.143. The van der Waals surface area contributed by atoms with Crippen molar-refractivity contribution in [2.24, 2.45) is 4.99 Å². The van der Waals surface area contributed by atoms with Gasteiger partial charge >= 0.3 is 5.97 Å². The van der Waals surface area contributed by atoms with Crippen LogP contribution in [0.15, 0.2) is 51.6 Å². The number of aliphatic imine (C=N–C) groups is 1. The Balaban J connectivity index is 1.54. The number of nitrogens with zero attached hydrogens (tertiary/aromatic N) is 3. The van der Waals surface area contributed by atoms with Crippen molar-refractivity contribution in [1.29, 1.82) is 0 Å². The number of carbonyl (C=O) groups excluding carboxylic acids is 2. The first-order chi connectivity index (χ1) is 16.8. The zero-order valence-electron chi connectivity index (χ0n) is 20.3. The Kier molecular flexibility index (Phi) is 8.25. The van der Waals surface area contributed by atoms with Crippen LogP contribution in [0.3, 0.4) is 0 Å². The number of allylic oxidation sites excluding steroid dienone is 1. The Hall–Kier alpha value is -2.69. The summed E-state index contributed by atoms with van der Waals surface area (Å²) in [5.41, 5.74) is 1.74. The molecule has 0 saturated carbocycles. The highest BCUT2D eigenvalue weighted by Crippen LogP contribution is 2.45. The topological polar surface area (TPSA) is 83.5 Å². The molecule has 4 rings (SSSR count). The highest BCUT2D eigenvalue weighted by Gasteiger charge is 2.42. The fourth-order valence-electron chi connectivity index (χ4n) is 4.30. The van der Waals surface area contributed by atoms with Gasteiger partial charge in [-0.15, -0.1) is 0 Å². The fourth-order valence-corrected chi connectivity index (χ4v) is 5.27. The average molecular weight is 503 g/mol. The second-order valence-electron chi connectivity index (χ2n) is 8.85. The summed E-state index contributed by atoms with van der Waals surface area (Å²) in [4.78, 5) is 34.5. The molecule has 3 aliphatic rings. The SMILES string of the molecule is CC1=C(C(=O)OC(C)C)[C@H](c2ccccc2F)N2C(CC(=O)NCCN3CCOCC3)=CSC2=N1. The van der Waals surface area contributed by atoms with Gasteiger partial charge in [0.05, 0.1) is 43.1 Å². The second kappa shape index (κ2) is 11.4. The lowest BCUT2D eigenvalue weighted by Crippen LogP contribution is -2.42. The average Bonchev–Trinajstić information content (AvgIpc) is 3.20. The standard InChI is InChI=1S/C25H31FN4O4S/c1-16(2)34-24(32)22-17(3)28-25-30(23(22)19-6-4-5-7-20(19)26)18(15-35-25)14-21(31)27-8-9-29-10-12-33-13-11-29/h4-7,15-16,23H,8-14H2,1-3H3,(H,27,31)/t23-/m0/s1. The van der Waals surface area contributed by atoms with Crippen molar-refractivity contribution in [2.45, 2.75) is 39.3 Å². The molecule has 0 radical (unpaired) electrons. The second-order valence-corrected chi connectivity index (χ2v) is 9.69. The Morgan fingerprint density at radius 1 is 1.29 bits per heavy atom. The minimum absolute atomic E-state index is 0.0889. The first-order valence-electron chi connectivity index (χ1n) is 11.8. The van der Waals surface area contributed by atoms with Crippen LogP contribution < -0.4 is 5.32 Å². The normalized spacial score (nSPS) is 20.5. The van der Waals surface area contributed by atoms with E-state index in [0.717, 1.165) is 19.6 Å². The number of rotatable bonds is 8. The van der Waals surface area contributed by atoms with Gasteiger partial charge in [0, 0.05) is 37.4 Å². The van der Waals surface area contributed by atoms with Crippen molar-refractivity contribution in [3.05, 3.63) is 58.0 Å². The van der Waals surface area contributed by atoms with Gasteiger partial charge < -0.3 is 19.7 Å². The molecular weight excluding hydrogens is 471 g/mol. The smallest absolute Gasteiger partial charge is 0.338 e. The number of esters is 1. The van der Waals surface area contributed by atoms with E-state index in [0.29, 0.717) is 41.9 Å². The quantitative estimate of drug-likeness (QED) is 0.547. The Bertz CT molecular complexity index is 1070. The van der Waals surface area contributed by atoms with Crippen LogP contribution in [0, 0.1) is 5.82 Å². The van der Waals surface area contributed by atoms with Crippen LogP contribution in [0.5, 0.6) is 0 Å². The first-order valence-corrected chi connectivity index (χ1v) is 12.7. The third-order valence-corrected chi connectivity index (χ3v) is 6.85. The summed E-state index contributed by atoms with van der Waals surface area (Å²) in [6, 6.07) is 5.58. The van der Waals surface area contributed by atoms with Crippen molar-refractivity contribution >= 4 is 28.8 Å². The number of hydrogen-bond acceptors (Lipinski definition) is 8. The van der Waals surface area contributed by atoms with Gasteiger partial charge in [0.15, 0.2) is 5.17 Å². The first kappa shape index (κ1) is 25.4. The van der Waals surface area contributed by atoms with E-state index in [4.69, 9.17) is 9.47 Å². The van der Waals surface area contributed by atoms with Gasteiger partial charge in [0.2, 0.25) is 5.91 Å². The van der Waals surface area contributed by atoms with E-state index in [2.05, 4.69) is 15.2 Å². The van der Waals surface area contributed by atoms with Crippen LogP contribution in [0.1, 0.15) is 38.8 Å². The van der Waals surface area contributed by atoms with Crippen LogP contribution in [0.2, 0.25) is 0 Å². The maximum atomic E-state index is 15.0. The highest BCUT2D eigenvalue weighted by molar-refractivity contribution is 8.16. The zero-order valence-corrected chi connectivity index (χ0v) is 21.1. The number of fused-ring (bicyclic) bond motifs is 1. The van der Waals surface area contributed by atoms with E-state index < -0.39 is 17.8 Å². The van der Waals surface area contributed by atoms with E-state index >= 15 is 4.39 Å². The number of benzene rings is 1. The number of amides is 1. The zero-order chi connectivity index (χ0) is 24.9. The van der Waals surface area contributed by atoms with Gasteiger partial charge in [-0.25, -0.2) is 14.2 Å². The molecule has 0 bridgehead atoms. The highest BCUT2D eigenvalue weighted by atomic mass is 32.2. The van der Waals surface area contributed by atoms with Gasteiger partial charge in [0.25, 0.3) is 0 Å². The summed E-state index contributed by atoms with van der Waals surface area (Å²) in [5.74, 6) is -1.12. The van der Waals surface area contributed by atoms with Gasteiger partial charge in [-0.1, -0.05) is 30.0 Å². The number of morpholine rings is 1. The van der Waals surface area contributed by atoms with Crippen LogP contribution in [-0.4, -0.2) is 72.3 Å². The molecule has 3 aliphatic heterocycles. The predicted octanol–water partition coefficient (Wildman–Crippen LogP) is 3.19. The fraction of sp³-hybridized carbons (Fsp3) is 0.480. The molecule has 0 spiro atoms. The van der Waals surface area contributed by atoms with Gasteiger partial charge in [-0.2, -0.15) is 0 Å². The van der Waals surface area contributed by atoms with Gasteiger partial charge in [0.1, 0.15) is 5.82 Å². The number of halogens is 1. The van der Waals surface area contributed by atoms with Crippen LogP contribution >= 0.6 is 11.8 Å². The molecule has 1 aromatic carbocycles. The van der Waals surface area contributed by atoms with E-state index in [-0.39, 0.29) is 24.0 Å². The molecule has 0 aliphatic carbocycles. The summed E-state index contributed by atoms with van der Waals surface area (Å²) in [6.45, 7) is 9.68. The van der Waals surface area contributed by atoms with Crippen molar-refractivity contribution in [3.63, 3.8) is 0 Å². The molecule has 1 fully saturated rings. The Morgan fingerprint density at radius 2 is 2.03 bits per heavy atom. The molecule has 10 heteroatoms. The molecule has 1 saturated heterocycles.